The third-order valence-corrected chi connectivity index (χ3v) is 2.80. The smallest absolute Gasteiger partial charge is 0.423 e. The molecule has 0 saturated heterocycles. The van der Waals surface area contributed by atoms with Crippen LogP contribution in [0.15, 0.2) is 6.20 Å². The Hall–Kier alpha value is -0.695. The molecule has 1 heterocycles. The molecule has 0 fully saturated rings. The second-order valence-corrected chi connectivity index (χ2v) is 4.55. The maximum Gasteiger partial charge on any atom is 0.491 e. The normalized spacial score (nSPS) is 13.3. The van der Waals surface area contributed by atoms with Crippen LogP contribution in [0.25, 0.3) is 0 Å². The minimum atomic E-state index is -1.58. The van der Waals surface area contributed by atoms with Gasteiger partial charge in [-0.1, -0.05) is 0 Å². The molecular weight excluding hydrogens is 205 g/mol. The van der Waals surface area contributed by atoms with Crippen molar-refractivity contribution in [3.05, 3.63) is 11.9 Å². The van der Waals surface area contributed by atoms with Gasteiger partial charge in [-0.25, -0.2) is 8.51 Å². The highest BCUT2D eigenvalue weighted by Crippen LogP contribution is 1.96. The minimum absolute atomic E-state index is 0.264. The minimum Gasteiger partial charge on any atom is -0.423 e. The lowest BCUT2D eigenvalue weighted by Gasteiger charge is -2.07. The lowest BCUT2D eigenvalue weighted by molar-refractivity contribution is 0.425. The molecule has 78 valence electrons. The summed E-state index contributed by atoms with van der Waals surface area (Å²) < 4.78 is 14.1. The molecule has 0 aliphatic heterocycles. The Bertz CT molecular complexity index is 352. The van der Waals surface area contributed by atoms with E-state index >= 15 is 0 Å². The first kappa shape index (κ1) is 11.4. The highest BCUT2D eigenvalue weighted by atomic mass is 32.2. The standard InChI is InChI=1S/C6H12BN3O3S/c1-5-6(7(11)12)4-10(8-5)14(13)9(2)3/h4,11-12H,1-3H3. The van der Waals surface area contributed by atoms with Crippen molar-refractivity contribution in [1.29, 1.82) is 0 Å². The van der Waals surface area contributed by atoms with E-state index in [-0.39, 0.29) is 5.46 Å². The molecule has 0 radical (unpaired) electrons. The van der Waals surface area contributed by atoms with Crippen LogP contribution in [0.3, 0.4) is 0 Å². The van der Waals surface area contributed by atoms with E-state index in [0.717, 1.165) is 0 Å². The molecule has 0 saturated carbocycles. The predicted molar refractivity (Wildman–Crippen MR) is 54.0 cm³/mol. The monoisotopic (exact) mass is 217 g/mol. The van der Waals surface area contributed by atoms with E-state index in [1.807, 2.05) is 0 Å². The summed E-state index contributed by atoms with van der Waals surface area (Å²) in [5.41, 5.74) is 0.718. The average molecular weight is 217 g/mol. The van der Waals surface area contributed by atoms with Crippen LogP contribution in [0.5, 0.6) is 0 Å². The fourth-order valence-electron chi connectivity index (χ4n) is 0.948. The molecule has 0 aromatic carbocycles. The molecule has 0 amide bonds. The van der Waals surface area contributed by atoms with Crippen LogP contribution in [0.1, 0.15) is 5.69 Å². The number of aromatic nitrogens is 2. The van der Waals surface area contributed by atoms with E-state index in [2.05, 4.69) is 5.10 Å². The fraction of sp³-hybridized carbons (Fsp3) is 0.500. The summed E-state index contributed by atoms with van der Waals surface area (Å²) in [5, 5.41) is 21.8. The summed E-state index contributed by atoms with van der Waals surface area (Å²) in [6.45, 7) is 1.62. The topological polar surface area (TPSA) is 78.6 Å². The summed E-state index contributed by atoms with van der Waals surface area (Å²) in [6.07, 6.45) is 1.36. The fourth-order valence-corrected chi connectivity index (χ4v) is 1.68. The van der Waals surface area contributed by atoms with Crippen molar-refractivity contribution < 1.29 is 14.3 Å². The van der Waals surface area contributed by atoms with Crippen LogP contribution in [0, 0.1) is 6.92 Å². The molecule has 14 heavy (non-hydrogen) atoms. The van der Waals surface area contributed by atoms with Gasteiger partial charge in [0.2, 0.25) is 11.2 Å². The van der Waals surface area contributed by atoms with Crippen LogP contribution in [0.4, 0.5) is 0 Å². The zero-order chi connectivity index (χ0) is 10.9. The highest BCUT2D eigenvalue weighted by molar-refractivity contribution is 7.80. The van der Waals surface area contributed by atoms with Crippen molar-refractivity contribution in [3.63, 3.8) is 0 Å². The summed E-state index contributed by atoms with van der Waals surface area (Å²) >= 11 is -1.42. The van der Waals surface area contributed by atoms with Crippen LogP contribution >= 0.6 is 0 Å². The first-order valence-corrected chi connectivity index (χ1v) is 5.02. The van der Waals surface area contributed by atoms with Gasteiger partial charge in [-0.3, -0.25) is 0 Å². The molecule has 0 spiro atoms. The van der Waals surface area contributed by atoms with Crippen LogP contribution < -0.4 is 5.46 Å². The van der Waals surface area contributed by atoms with Gasteiger partial charge in [-0.15, -0.1) is 0 Å². The van der Waals surface area contributed by atoms with E-state index in [1.165, 1.54) is 14.6 Å². The van der Waals surface area contributed by atoms with E-state index in [4.69, 9.17) is 10.0 Å². The maximum atomic E-state index is 11.5. The Morgan fingerprint density at radius 1 is 1.57 bits per heavy atom. The highest BCUT2D eigenvalue weighted by Gasteiger charge is 2.19. The van der Waals surface area contributed by atoms with Crippen molar-refractivity contribution in [3.8, 4) is 0 Å². The number of hydrogen-bond acceptors (Lipinski definition) is 4. The van der Waals surface area contributed by atoms with Gasteiger partial charge in [-0.05, 0) is 6.92 Å². The van der Waals surface area contributed by atoms with Crippen LogP contribution in [0.2, 0.25) is 0 Å². The molecule has 2 N–H and O–H groups in total. The molecule has 1 aromatic heterocycles. The van der Waals surface area contributed by atoms with E-state index in [9.17, 15) is 4.21 Å². The van der Waals surface area contributed by atoms with E-state index < -0.39 is 18.3 Å². The van der Waals surface area contributed by atoms with Gasteiger partial charge >= 0.3 is 7.12 Å². The Morgan fingerprint density at radius 3 is 2.50 bits per heavy atom. The Labute approximate surface area is 85.0 Å². The second-order valence-electron chi connectivity index (χ2n) is 2.99. The molecule has 8 heteroatoms. The number of aryl methyl sites for hydroxylation is 1. The van der Waals surface area contributed by atoms with Crippen molar-refractivity contribution in [2.24, 2.45) is 0 Å². The Morgan fingerprint density at radius 2 is 2.14 bits per heavy atom. The van der Waals surface area contributed by atoms with Crippen molar-refractivity contribution in [1.82, 2.24) is 13.5 Å². The number of hydrogen-bond donors (Lipinski definition) is 2. The van der Waals surface area contributed by atoms with Crippen molar-refractivity contribution in [2.45, 2.75) is 6.92 Å². The Balaban J connectivity index is 3.02. The molecule has 1 atom stereocenters. The molecule has 6 nitrogen and oxygen atoms in total. The summed E-state index contributed by atoms with van der Waals surface area (Å²) in [5.74, 6) is 0. The predicted octanol–water partition coefficient (Wildman–Crippen LogP) is -2.14. The van der Waals surface area contributed by atoms with Crippen LogP contribution in [-0.4, -0.2) is 49.0 Å². The lowest BCUT2D eigenvalue weighted by atomic mass is 9.81. The quantitative estimate of drug-likeness (QED) is 0.566. The summed E-state index contributed by atoms with van der Waals surface area (Å²) in [6, 6.07) is 0. The molecule has 0 aliphatic carbocycles. The third-order valence-electron chi connectivity index (χ3n) is 1.67. The van der Waals surface area contributed by atoms with Gasteiger partial charge < -0.3 is 10.0 Å². The first-order chi connectivity index (χ1) is 6.43. The largest absolute Gasteiger partial charge is 0.491 e. The molecular formula is C6H12BN3O3S. The van der Waals surface area contributed by atoms with Gasteiger partial charge in [0.05, 0.1) is 5.69 Å². The zero-order valence-corrected chi connectivity index (χ0v) is 9.02. The van der Waals surface area contributed by atoms with E-state index in [1.54, 1.807) is 21.0 Å². The molecule has 1 rings (SSSR count). The van der Waals surface area contributed by atoms with Gasteiger partial charge in [0.25, 0.3) is 0 Å². The molecule has 1 unspecified atom stereocenters. The molecule has 1 aromatic rings. The number of nitrogens with zero attached hydrogens (tertiary/aromatic N) is 3. The second kappa shape index (κ2) is 4.22. The zero-order valence-electron chi connectivity index (χ0n) is 8.21. The van der Waals surface area contributed by atoms with E-state index in [0.29, 0.717) is 5.69 Å². The van der Waals surface area contributed by atoms with Crippen molar-refractivity contribution >= 4 is 23.8 Å². The SMILES string of the molecule is Cc1nn(S(=O)N(C)C)cc1B(O)O. The summed E-state index contributed by atoms with van der Waals surface area (Å²) in [4.78, 5) is 0. The average Bonchev–Trinajstić information content (AvgIpc) is 2.45. The van der Waals surface area contributed by atoms with Gasteiger partial charge in [0, 0.05) is 25.8 Å². The van der Waals surface area contributed by atoms with Gasteiger partial charge in [0.1, 0.15) is 0 Å². The molecule has 0 bridgehead atoms. The third kappa shape index (κ3) is 2.21. The summed E-state index contributed by atoms with van der Waals surface area (Å²) in [7, 11) is 1.70. The van der Waals surface area contributed by atoms with Gasteiger partial charge in [0.15, 0.2) is 0 Å². The molecule has 0 aliphatic rings. The lowest BCUT2D eigenvalue weighted by Crippen LogP contribution is -2.31. The first-order valence-electron chi connectivity index (χ1n) is 3.95. The van der Waals surface area contributed by atoms with Gasteiger partial charge in [-0.2, -0.15) is 9.19 Å². The van der Waals surface area contributed by atoms with Crippen LogP contribution in [-0.2, 0) is 11.2 Å². The van der Waals surface area contributed by atoms with Crippen molar-refractivity contribution in [2.75, 3.05) is 14.1 Å². The maximum absolute atomic E-state index is 11.5. The number of rotatable bonds is 3. The Kier molecular flexibility index (Phi) is 3.43.